The van der Waals surface area contributed by atoms with E-state index in [0.717, 1.165) is 37.4 Å². The molecule has 130 valence electrons. The van der Waals surface area contributed by atoms with Crippen LogP contribution in [0, 0.1) is 18.3 Å². The van der Waals surface area contributed by atoms with E-state index in [2.05, 4.69) is 19.6 Å². The normalized spacial score (nSPS) is 14.5. The Morgan fingerprint density at radius 1 is 1.20 bits per heavy atom. The van der Waals surface area contributed by atoms with Crippen LogP contribution in [0.2, 0.25) is 0 Å². The lowest BCUT2D eigenvalue weighted by atomic mass is 10.2. The molecule has 1 N–H and O–H groups in total. The fourth-order valence-electron chi connectivity index (χ4n) is 2.75. The van der Waals surface area contributed by atoms with Crippen LogP contribution >= 0.6 is 0 Å². The molecular formula is C17H19N5O2S. The molecule has 1 aliphatic rings. The first-order chi connectivity index (χ1) is 12.0. The third-order valence-electron chi connectivity index (χ3n) is 4.03. The Bertz CT molecular complexity index is 898. The first-order valence-corrected chi connectivity index (χ1v) is 9.55. The fourth-order valence-corrected chi connectivity index (χ4v) is 3.73. The zero-order valence-corrected chi connectivity index (χ0v) is 14.8. The van der Waals surface area contributed by atoms with Gasteiger partial charge >= 0.3 is 0 Å². The minimum atomic E-state index is -3.68. The monoisotopic (exact) mass is 357 g/mol. The van der Waals surface area contributed by atoms with Crippen LogP contribution in [0.15, 0.2) is 35.2 Å². The van der Waals surface area contributed by atoms with Crippen molar-refractivity contribution in [2.75, 3.05) is 18.0 Å². The van der Waals surface area contributed by atoms with E-state index in [1.165, 1.54) is 24.3 Å². The third kappa shape index (κ3) is 4.13. The van der Waals surface area contributed by atoms with Gasteiger partial charge in [-0.2, -0.15) is 5.26 Å². The topological polar surface area (TPSA) is 99.0 Å². The molecule has 0 aliphatic carbocycles. The van der Waals surface area contributed by atoms with Crippen LogP contribution < -0.4 is 9.62 Å². The molecule has 1 aromatic carbocycles. The van der Waals surface area contributed by atoms with Gasteiger partial charge in [0.1, 0.15) is 11.6 Å². The van der Waals surface area contributed by atoms with Gasteiger partial charge in [-0.05, 0) is 44.0 Å². The molecule has 0 radical (unpaired) electrons. The van der Waals surface area contributed by atoms with Crippen LogP contribution in [0.5, 0.6) is 0 Å². The van der Waals surface area contributed by atoms with Crippen molar-refractivity contribution in [1.82, 2.24) is 14.7 Å². The largest absolute Gasteiger partial charge is 0.357 e. The summed E-state index contributed by atoms with van der Waals surface area (Å²) in [5.41, 5.74) is 1.22. The summed E-state index contributed by atoms with van der Waals surface area (Å²) in [7, 11) is -3.68. The Morgan fingerprint density at radius 3 is 2.52 bits per heavy atom. The van der Waals surface area contributed by atoms with Crippen LogP contribution in [0.1, 0.15) is 29.9 Å². The summed E-state index contributed by atoms with van der Waals surface area (Å²) in [5.74, 6) is 1.29. The molecule has 1 aliphatic heterocycles. The number of nitriles is 1. The molecule has 2 heterocycles. The van der Waals surface area contributed by atoms with Crippen molar-refractivity contribution in [2.45, 2.75) is 31.2 Å². The maximum atomic E-state index is 12.4. The van der Waals surface area contributed by atoms with Crippen LogP contribution in [0.25, 0.3) is 0 Å². The van der Waals surface area contributed by atoms with E-state index in [9.17, 15) is 8.42 Å². The van der Waals surface area contributed by atoms with Gasteiger partial charge in [0, 0.05) is 24.8 Å². The summed E-state index contributed by atoms with van der Waals surface area (Å²) in [6.45, 7) is 3.82. The quantitative estimate of drug-likeness (QED) is 0.875. The Kier molecular flexibility index (Phi) is 4.97. The van der Waals surface area contributed by atoms with Crippen molar-refractivity contribution in [3.05, 3.63) is 47.4 Å². The molecule has 1 saturated heterocycles. The predicted octanol–water partition coefficient (Wildman–Crippen LogP) is 1.74. The minimum Gasteiger partial charge on any atom is -0.357 e. The van der Waals surface area contributed by atoms with Gasteiger partial charge in [-0.15, -0.1) is 0 Å². The molecule has 0 bridgehead atoms. The second-order valence-electron chi connectivity index (χ2n) is 5.94. The van der Waals surface area contributed by atoms with Gasteiger partial charge in [-0.25, -0.2) is 23.1 Å². The van der Waals surface area contributed by atoms with E-state index < -0.39 is 10.0 Å². The van der Waals surface area contributed by atoms with Gasteiger partial charge in [-0.3, -0.25) is 0 Å². The van der Waals surface area contributed by atoms with E-state index in [1.54, 1.807) is 0 Å². The van der Waals surface area contributed by atoms with E-state index in [-0.39, 0.29) is 11.4 Å². The zero-order valence-electron chi connectivity index (χ0n) is 13.9. The summed E-state index contributed by atoms with van der Waals surface area (Å²) < 4.78 is 27.3. The number of sulfonamides is 1. The standard InChI is InChI=1S/C17H19N5O2S/c1-13-10-17(22-8-2-3-9-22)21-16(20-13)12-19-25(23,24)15-6-4-14(11-18)5-7-15/h4-7,10,19H,2-3,8-9,12H2,1H3. The highest BCUT2D eigenvalue weighted by molar-refractivity contribution is 7.89. The van der Waals surface area contributed by atoms with Crippen molar-refractivity contribution in [2.24, 2.45) is 0 Å². The van der Waals surface area contributed by atoms with Crippen molar-refractivity contribution >= 4 is 15.8 Å². The van der Waals surface area contributed by atoms with E-state index in [4.69, 9.17) is 5.26 Å². The van der Waals surface area contributed by atoms with Crippen molar-refractivity contribution in [3.63, 3.8) is 0 Å². The van der Waals surface area contributed by atoms with Crippen molar-refractivity contribution in [3.8, 4) is 6.07 Å². The number of benzene rings is 1. The first kappa shape index (κ1) is 17.3. The Balaban J connectivity index is 1.74. The number of aryl methyl sites for hydroxylation is 1. The number of hydrogen-bond acceptors (Lipinski definition) is 6. The second kappa shape index (κ2) is 7.17. The molecule has 0 amide bonds. The van der Waals surface area contributed by atoms with Gasteiger partial charge < -0.3 is 4.90 Å². The number of aromatic nitrogens is 2. The molecule has 1 aromatic heterocycles. The van der Waals surface area contributed by atoms with Crippen molar-refractivity contribution in [1.29, 1.82) is 5.26 Å². The molecule has 0 atom stereocenters. The second-order valence-corrected chi connectivity index (χ2v) is 7.71. The molecule has 7 nitrogen and oxygen atoms in total. The Hall–Kier alpha value is -2.50. The average Bonchev–Trinajstić information content (AvgIpc) is 3.14. The van der Waals surface area contributed by atoms with E-state index in [1.807, 2.05) is 19.1 Å². The highest BCUT2D eigenvalue weighted by atomic mass is 32.2. The number of hydrogen-bond donors (Lipinski definition) is 1. The van der Waals surface area contributed by atoms with Gasteiger partial charge in [-0.1, -0.05) is 0 Å². The Labute approximate surface area is 147 Å². The molecule has 25 heavy (non-hydrogen) atoms. The van der Waals surface area contributed by atoms with Gasteiger partial charge in [0.05, 0.1) is 23.1 Å². The summed E-state index contributed by atoms with van der Waals surface area (Å²) in [4.78, 5) is 11.1. The first-order valence-electron chi connectivity index (χ1n) is 8.07. The summed E-state index contributed by atoms with van der Waals surface area (Å²) >= 11 is 0. The van der Waals surface area contributed by atoms with Crippen LogP contribution in [-0.2, 0) is 16.6 Å². The average molecular weight is 357 g/mol. The lowest BCUT2D eigenvalue weighted by Gasteiger charge is -2.17. The lowest BCUT2D eigenvalue weighted by Crippen LogP contribution is -2.26. The van der Waals surface area contributed by atoms with E-state index >= 15 is 0 Å². The molecule has 0 saturated carbocycles. The maximum absolute atomic E-state index is 12.4. The fraction of sp³-hybridized carbons (Fsp3) is 0.353. The summed E-state index contributed by atoms with van der Waals surface area (Å²) in [6, 6.07) is 9.65. The molecule has 0 spiro atoms. The van der Waals surface area contributed by atoms with Crippen LogP contribution in [0.3, 0.4) is 0 Å². The number of anilines is 1. The lowest BCUT2D eigenvalue weighted by molar-refractivity contribution is 0.579. The molecule has 1 fully saturated rings. The van der Waals surface area contributed by atoms with Gasteiger partial charge in [0.2, 0.25) is 10.0 Å². The highest BCUT2D eigenvalue weighted by Gasteiger charge is 2.17. The third-order valence-corrected chi connectivity index (χ3v) is 5.45. The molecule has 0 unspecified atom stereocenters. The highest BCUT2D eigenvalue weighted by Crippen LogP contribution is 2.18. The van der Waals surface area contributed by atoms with Gasteiger partial charge in [0.15, 0.2) is 0 Å². The number of rotatable bonds is 5. The van der Waals surface area contributed by atoms with Crippen LogP contribution in [0.4, 0.5) is 5.82 Å². The zero-order chi connectivity index (χ0) is 17.9. The Morgan fingerprint density at radius 2 is 1.88 bits per heavy atom. The smallest absolute Gasteiger partial charge is 0.240 e. The van der Waals surface area contributed by atoms with Crippen molar-refractivity contribution < 1.29 is 8.42 Å². The number of nitrogens with one attached hydrogen (secondary N) is 1. The summed E-state index contributed by atoms with van der Waals surface area (Å²) in [6.07, 6.45) is 2.29. The molecule has 2 aromatic rings. The van der Waals surface area contributed by atoms with Crippen LogP contribution in [-0.4, -0.2) is 31.5 Å². The molecule has 8 heteroatoms. The SMILES string of the molecule is Cc1cc(N2CCCC2)nc(CNS(=O)(=O)c2ccc(C#N)cc2)n1. The minimum absolute atomic E-state index is 0.0187. The maximum Gasteiger partial charge on any atom is 0.240 e. The molecule has 3 rings (SSSR count). The van der Waals surface area contributed by atoms with Gasteiger partial charge in [0.25, 0.3) is 0 Å². The predicted molar refractivity (Wildman–Crippen MR) is 93.4 cm³/mol. The summed E-state index contributed by atoms with van der Waals surface area (Å²) in [5, 5.41) is 8.79. The van der Waals surface area contributed by atoms with E-state index in [0.29, 0.717) is 11.4 Å². The number of nitrogens with zero attached hydrogens (tertiary/aromatic N) is 4. The molecular weight excluding hydrogens is 338 g/mol.